The smallest absolute Gasteiger partial charge is 0.217 e. The monoisotopic (exact) mass is 190 g/mol. The highest BCUT2D eigenvalue weighted by Gasteiger charge is 1.93. The average molecular weight is 190 g/mol. The van der Waals surface area contributed by atoms with Gasteiger partial charge in [-0.3, -0.25) is 9.79 Å². The van der Waals surface area contributed by atoms with E-state index in [1.807, 2.05) is 0 Å². The SMILES string of the molecule is [3H]C(CCN=C(N)N)C([3H])CCC(N)=O. The van der Waals surface area contributed by atoms with Gasteiger partial charge in [-0.15, -0.1) is 0 Å². The highest BCUT2D eigenvalue weighted by molar-refractivity contribution is 5.75. The van der Waals surface area contributed by atoms with Crippen LogP contribution in [0.2, 0.25) is 0 Å². The number of nitrogens with zero attached hydrogens (tertiary/aromatic N) is 1. The summed E-state index contributed by atoms with van der Waals surface area (Å²) in [5.74, 6) is -0.454. The number of aliphatic imine (C=N–C) groups is 1. The number of nitrogens with two attached hydrogens (primary N) is 3. The molecule has 5 heteroatoms. The van der Waals surface area contributed by atoms with Gasteiger partial charge >= 0.3 is 0 Å². The Morgan fingerprint density at radius 3 is 2.38 bits per heavy atom. The third-order valence-electron chi connectivity index (χ3n) is 1.31. The van der Waals surface area contributed by atoms with Crippen LogP contribution in [-0.2, 0) is 4.79 Å². The van der Waals surface area contributed by atoms with E-state index in [0.29, 0.717) is 19.4 Å². The standard InChI is InChI=1S/C8H18N4O/c9-7(13)5-3-1-2-4-6-12-8(10)11/h1-6H2,(H2,9,13)(H4,10,11,12)/i1T,2T. The van der Waals surface area contributed by atoms with Gasteiger partial charge in [-0.25, -0.2) is 0 Å². The van der Waals surface area contributed by atoms with E-state index in [4.69, 9.17) is 19.9 Å². The molecule has 13 heavy (non-hydrogen) atoms. The predicted molar refractivity (Wildman–Crippen MR) is 53.0 cm³/mol. The summed E-state index contributed by atoms with van der Waals surface area (Å²) in [6, 6.07) is 0. The molecule has 76 valence electrons. The van der Waals surface area contributed by atoms with Crippen molar-refractivity contribution in [2.45, 2.75) is 32.1 Å². The lowest BCUT2D eigenvalue weighted by Gasteiger charge is -1.97. The zero-order valence-electron chi connectivity index (χ0n) is 9.57. The van der Waals surface area contributed by atoms with Crippen molar-refractivity contribution >= 4 is 11.9 Å². The van der Waals surface area contributed by atoms with Crippen LogP contribution in [-0.4, -0.2) is 18.4 Å². The second kappa shape index (κ2) is 7.39. The number of primary amides is 1. The highest BCUT2D eigenvalue weighted by atomic mass is 16.1. The molecule has 0 aromatic carbocycles. The summed E-state index contributed by atoms with van der Waals surface area (Å²) in [5.41, 5.74) is 15.2. The number of hydrogen-bond donors (Lipinski definition) is 3. The molecule has 5 nitrogen and oxygen atoms in total. The Morgan fingerprint density at radius 1 is 1.23 bits per heavy atom. The molecule has 0 fully saturated rings. The lowest BCUT2D eigenvalue weighted by atomic mass is 10.1. The molecule has 0 aromatic heterocycles. The molecule has 0 rings (SSSR count). The Labute approximate surface area is 81.2 Å². The molecule has 0 aliphatic rings. The molecule has 0 heterocycles. The van der Waals surface area contributed by atoms with Gasteiger partial charge in [0.1, 0.15) is 0 Å². The number of guanidine groups is 1. The number of carbonyl (C=O) groups excluding carboxylic acids is 1. The second-order valence-corrected chi connectivity index (χ2v) is 2.57. The minimum Gasteiger partial charge on any atom is -0.370 e. The first kappa shape index (κ1) is 8.34. The van der Waals surface area contributed by atoms with Crippen molar-refractivity contribution in [3.8, 4) is 0 Å². The van der Waals surface area contributed by atoms with Crippen molar-refractivity contribution in [1.82, 2.24) is 0 Å². The van der Waals surface area contributed by atoms with Gasteiger partial charge < -0.3 is 17.2 Å². The fourth-order valence-corrected chi connectivity index (χ4v) is 0.729. The molecule has 0 aliphatic carbocycles. The maximum Gasteiger partial charge on any atom is 0.217 e. The fourth-order valence-electron chi connectivity index (χ4n) is 0.729. The Hall–Kier alpha value is -1.26. The zero-order valence-corrected chi connectivity index (χ0v) is 7.57. The molecule has 0 saturated heterocycles. The van der Waals surface area contributed by atoms with Crippen LogP contribution >= 0.6 is 0 Å². The third kappa shape index (κ3) is 10.7. The zero-order chi connectivity index (χ0) is 11.8. The lowest BCUT2D eigenvalue weighted by molar-refractivity contribution is -0.118. The Bertz CT molecular complexity index is 231. The van der Waals surface area contributed by atoms with Crippen LogP contribution in [0.5, 0.6) is 0 Å². The average Bonchev–Trinajstić information content (AvgIpc) is 2.13. The second-order valence-electron chi connectivity index (χ2n) is 2.57. The molecule has 0 radical (unpaired) electrons. The van der Waals surface area contributed by atoms with Gasteiger partial charge in [0.15, 0.2) is 5.96 Å². The van der Waals surface area contributed by atoms with Crippen molar-refractivity contribution in [1.29, 1.82) is 0 Å². The van der Waals surface area contributed by atoms with Crippen LogP contribution in [0.25, 0.3) is 0 Å². The summed E-state index contributed by atoms with van der Waals surface area (Å²) in [6.07, 6.45) is -0.346. The van der Waals surface area contributed by atoms with E-state index < -0.39 is 18.7 Å². The van der Waals surface area contributed by atoms with Gasteiger partial charge in [-0.2, -0.15) is 0 Å². The largest absolute Gasteiger partial charge is 0.370 e. The van der Waals surface area contributed by atoms with Crippen LogP contribution in [0.3, 0.4) is 0 Å². The quantitative estimate of drug-likeness (QED) is 0.378. The van der Waals surface area contributed by atoms with Gasteiger partial charge in [0.05, 0.1) is 0 Å². The first-order valence-electron chi connectivity index (χ1n) is 5.27. The number of rotatable bonds is 7. The van der Waals surface area contributed by atoms with Crippen molar-refractivity contribution in [2.75, 3.05) is 6.54 Å². The van der Waals surface area contributed by atoms with Crippen molar-refractivity contribution in [2.24, 2.45) is 22.2 Å². The Kier molecular flexibility index (Phi) is 4.74. The summed E-state index contributed by atoms with van der Waals surface area (Å²) in [5, 5.41) is 0. The van der Waals surface area contributed by atoms with Crippen molar-refractivity contribution in [3.63, 3.8) is 0 Å². The van der Waals surface area contributed by atoms with Crippen LogP contribution in [0.4, 0.5) is 0 Å². The predicted octanol–water partition coefficient (Wildman–Crippen LogP) is -0.304. The van der Waals surface area contributed by atoms with Crippen LogP contribution in [0.1, 0.15) is 34.8 Å². The topological polar surface area (TPSA) is 107 Å². The minimum absolute atomic E-state index is 0.0131. The van der Waals surface area contributed by atoms with Gasteiger partial charge in [-0.05, 0) is 12.8 Å². The summed E-state index contributed by atoms with van der Waals surface area (Å²) in [7, 11) is 0. The van der Waals surface area contributed by atoms with Gasteiger partial charge in [0.25, 0.3) is 0 Å². The van der Waals surface area contributed by atoms with Crippen LogP contribution in [0, 0.1) is 0 Å². The number of hydrogen-bond acceptors (Lipinski definition) is 2. The van der Waals surface area contributed by atoms with E-state index >= 15 is 0 Å². The highest BCUT2D eigenvalue weighted by Crippen LogP contribution is 2.02. The van der Waals surface area contributed by atoms with Crippen LogP contribution < -0.4 is 17.2 Å². The molecule has 0 spiro atoms. The molecular weight excluding hydrogens is 168 g/mol. The molecule has 1 amide bonds. The normalized spacial score (nSPS) is 16.6. The van der Waals surface area contributed by atoms with Crippen molar-refractivity contribution in [3.05, 3.63) is 0 Å². The summed E-state index contributed by atoms with van der Waals surface area (Å²) in [4.78, 5) is 14.2. The Balaban J connectivity index is 3.73. The molecule has 2 atom stereocenters. The van der Waals surface area contributed by atoms with Gasteiger partial charge in [0, 0.05) is 15.7 Å². The fraction of sp³-hybridized carbons (Fsp3) is 0.750. The van der Waals surface area contributed by atoms with Gasteiger partial charge in [-0.1, -0.05) is 12.8 Å². The molecule has 0 bridgehead atoms. The molecule has 2 unspecified atom stereocenters. The van der Waals surface area contributed by atoms with Crippen molar-refractivity contribution < 1.29 is 7.54 Å². The molecule has 0 aromatic rings. The molecule has 0 aliphatic heterocycles. The third-order valence-corrected chi connectivity index (χ3v) is 1.31. The minimum atomic E-state index is -0.619. The van der Waals surface area contributed by atoms with E-state index in [1.54, 1.807) is 0 Å². The van der Waals surface area contributed by atoms with E-state index in [9.17, 15) is 4.79 Å². The first-order valence-corrected chi connectivity index (χ1v) is 4.11. The number of carbonyl (C=O) groups is 1. The van der Waals surface area contributed by atoms with E-state index in [-0.39, 0.29) is 12.4 Å². The molecule has 6 N–H and O–H groups in total. The summed E-state index contributed by atoms with van der Waals surface area (Å²) < 4.78 is 15.1. The molecule has 0 saturated carbocycles. The summed E-state index contributed by atoms with van der Waals surface area (Å²) >= 11 is 0. The first-order chi connectivity index (χ1) is 6.93. The van der Waals surface area contributed by atoms with Crippen LogP contribution in [0.15, 0.2) is 4.99 Å². The molecular formula is C8H18N4O. The van der Waals surface area contributed by atoms with E-state index in [1.165, 1.54) is 0 Å². The number of amides is 1. The maximum atomic E-state index is 10.5. The Morgan fingerprint density at radius 2 is 1.85 bits per heavy atom. The van der Waals surface area contributed by atoms with E-state index in [2.05, 4.69) is 4.99 Å². The van der Waals surface area contributed by atoms with Gasteiger partial charge in [0.2, 0.25) is 5.91 Å². The summed E-state index contributed by atoms with van der Waals surface area (Å²) in [6.45, 7) is 0.336. The maximum absolute atomic E-state index is 10.5. The van der Waals surface area contributed by atoms with E-state index in [0.717, 1.165) is 0 Å². The lowest BCUT2D eigenvalue weighted by Crippen LogP contribution is -2.22.